The molecule has 2 N–H and O–H groups in total. The molecule has 5 nitrogen and oxygen atoms in total. The molecule has 0 aliphatic rings. The van der Waals surface area contributed by atoms with E-state index in [0.29, 0.717) is 6.42 Å². The molecule has 1 heterocycles. The summed E-state index contributed by atoms with van der Waals surface area (Å²) in [5.41, 5.74) is 3.47. The lowest BCUT2D eigenvalue weighted by molar-refractivity contribution is 0.414. The molecule has 0 aliphatic heterocycles. The molecule has 0 radical (unpaired) electrons. The third-order valence-corrected chi connectivity index (χ3v) is 4.41. The molecule has 1 aromatic heterocycles. The molecule has 21 heavy (non-hydrogen) atoms. The molecule has 116 valence electrons. The average Bonchev–Trinajstić information content (AvgIpc) is 2.70. The van der Waals surface area contributed by atoms with Crippen LogP contribution in [0, 0.1) is 0 Å². The Morgan fingerprint density at radius 2 is 1.95 bits per heavy atom. The van der Waals surface area contributed by atoms with E-state index in [4.69, 9.17) is 5.14 Å². The van der Waals surface area contributed by atoms with Crippen LogP contribution in [0.1, 0.15) is 11.1 Å². The van der Waals surface area contributed by atoms with E-state index in [9.17, 15) is 8.42 Å². The zero-order valence-corrected chi connectivity index (χ0v) is 13.7. The Bertz CT molecular complexity index is 733. The van der Waals surface area contributed by atoms with Gasteiger partial charge in [0.05, 0.1) is 5.75 Å². The Labute approximate surface area is 126 Å². The number of likely N-dealkylation sites (N-methyl/N-ethyl adjacent to an activating group) is 1. The predicted octanol–water partition coefficient (Wildman–Crippen LogP) is 1.11. The van der Waals surface area contributed by atoms with Gasteiger partial charge in [0.1, 0.15) is 0 Å². The molecule has 0 bridgehead atoms. The molecule has 0 saturated carbocycles. The Hall–Kier alpha value is -1.37. The van der Waals surface area contributed by atoms with Crippen LogP contribution in [0.2, 0.25) is 0 Å². The summed E-state index contributed by atoms with van der Waals surface area (Å²) in [6, 6.07) is 6.11. The number of aromatic nitrogens is 1. The summed E-state index contributed by atoms with van der Waals surface area (Å²) in [5.74, 6) is -0.0155. The first kappa shape index (κ1) is 16.0. The molecule has 1 aromatic carbocycles. The maximum absolute atomic E-state index is 11.1. The number of hydrogen-bond donors (Lipinski definition) is 1. The van der Waals surface area contributed by atoms with Gasteiger partial charge < -0.3 is 9.47 Å². The van der Waals surface area contributed by atoms with Gasteiger partial charge in [-0.15, -0.1) is 0 Å². The third-order valence-electron chi connectivity index (χ3n) is 3.64. The third kappa shape index (κ3) is 4.30. The summed E-state index contributed by atoms with van der Waals surface area (Å²) in [4.78, 5) is 2.16. The van der Waals surface area contributed by atoms with Crippen LogP contribution in [0.5, 0.6) is 0 Å². The van der Waals surface area contributed by atoms with Gasteiger partial charge in [0.2, 0.25) is 10.0 Å². The number of sulfonamides is 1. The molecule has 0 spiro atoms. The lowest BCUT2D eigenvalue weighted by Gasteiger charge is -2.08. The second-order valence-electron chi connectivity index (χ2n) is 5.79. The predicted molar refractivity (Wildman–Crippen MR) is 86.9 cm³/mol. The number of fused-ring (bicyclic) bond motifs is 1. The average molecular weight is 309 g/mol. The minimum atomic E-state index is -3.41. The minimum absolute atomic E-state index is 0.0155. The van der Waals surface area contributed by atoms with Crippen molar-refractivity contribution in [3.05, 3.63) is 35.5 Å². The highest BCUT2D eigenvalue weighted by Gasteiger charge is 2.09. The highest BCUT2D eigenvalue weighted by Crippen LogP contribution is 2.23. The SMILES string of the molecule is CN(C)CCc1cn(C)c2ccc(CCS(N)(=O)=O)cc12. The van der Waals surface area contributed by atoms with Crippen LogP contribution in [0.15, 0.2) is 24.4 Å². The summed E-state index contributed by atoms with van der Waals surface area (Å²) in [6.45, 7) is 0.987. The van der Waals surface area contributed by atoms with Crippen molar-refractivity contribution in [3.63, 3.8) is 0 Å². The Balaban J connectivity index is 2.29. The lowest BCUT2D eigenvalue weighted by Crippen LogP contribution is -2.17. The molecule has 0 aliphatic carbocycles. The maximum atomic E-state index is 11.1. The molecule has 6 heteroatoms. The number of benzene rings is 1. The standard InChI is InChI=1S/C15H23N3O2S/c1-17(2)8-6-13-11-18(3)15-5-4-12(10-14(13)15)7-9-21(16,19)20/h4-5,10-11H,6-9H2,1-3H3,(H2,16,19,20). The monoisotopic (exact) mass is 309 g/mol. The zero-order chi connectivity index (χ0) is 15.6. The van der Waals surface area contributed by atoms with E-state index >= 15 is 0 Å². The molecular weight excluding hydrogens is 286 g/mol. The zero-order valence-electron chi connectivity index (χ0n) is 12.8. The van der Waals surface area contributed by atoms with Crippen molar-refractivity contribution in [2.45, 2.75) is 12.8 Å². The second-order valence-corrected chi connectivity index (χ2v) is 7.52. The van der Waals surface area contributed by atoms with E-state index in [1.54, 1.807) is 0 Å². The summed E-state index contributed by atoms with van der Waals surface area (Å²) < 4.78 is 24.3. The quantitative estimate of drug-likeness (QED) is 0.869. The van der Waals surface area contributed by atoms with Crippen LogP contribution in [-0.4, -0.2) is 44.3 Å². The molecule has 0 atom stereocenters. The second kappa shape index (κ2) is 6.17. The molecule has 2 aromatic rings. The van der Waals surface area contributed by atoms with Gasteiger partial charge in [0, 0.05) is 30.7 Å². The van der Waals surface area contributed by atoms with E-state index in [0.717, 1.165) is 18.5 Å². The minimum Gasteiger partial charge on any atom is -0.350 e. The van der Waals surface area contributed by atoms with E-state index in [2.05, 4.69) is 35.8 Å². The van der Waals surface area contributed by atoms with Gasteiger partial charge in [0.25, 0.3) is 0 Å². The van der Waals surface area contributed by atoms with E-state index in [-0.39, 0.29) is 5.75 Å². The first-order chi connectivity index (χ1) is 9.76. The molecule has 2 rings (SSSR count). The van der Waals surface area contributed by atoms with Crippen molar-refractivity contribution in [3.8, 4) is 0 Å². The normalized spacial score (nSPS) is 12.4. The van der Waals surface area contributed by atoms with Crippen molar-refractivity contribution in [2.75, 3.05) is 26.4 Å². The smallest absolute Gasteiger partial charge is 0.209 e. The first-order valence-corrected chi connectivity index (χ1v) is 8.70. The summed E-state index contributed by atoms with van der Waals surface area (Å²) in [5, 5.41) is 6.27. The van der Waals surface area contributed by atoms with Gasteiger partial charge in [0.15, 0.2) is 0 Å². The van der Waals surface area contributed by atoms with Crippen molar-refractivity contribution in [1.29, 1.82) is 0 Å². The number of aryl methyl sites for hydroxylation is 2. The number of rotatable bonds is 6. The van der Waals surface area contributed by atoms with Gasteiger partial charge in [-0.1, -0.05) is 6.07 Å². The molecule has 0 amide bonds. The van der Waals surface area contributed by atoms with Crippen molar-refractivity contribution < 1.29 is 8.42 Å². The Morgan fingerprint density at radius 3 is 2.57 bits per heavy atom. The summed E-state index contributed by atoms with van der Waals surface area (Å²) >= 11 is 0. The molecule has 0 saturated heterocycles. The van der Waals surface area contributed by atoms with Gasteiger partial charge in [-0.05, 0) is 50.2 Å². The van der Waals surface area contributed by atoms with Crippen LogP contribution >= 0.6 is 0 Å². The first-order valence-electron chi connectivity index (χ1n) is 6.98. The summed E-state index contributed by atoms with van der Waals surface area (Å²) in [7, 11) is 2.74. The van der Waals surface area contributed by atoms with Crippen LogP contribution < -0.4 is 5.14 Å². The number of nitrogens with zero attached hydrogens (tertiary/aromatic N) is 2. The lowest BCUT2D eigenvalue weighted by atomic mass is 10.1. The van der Waals surface area contributed by atoms with Crippen LogP contribution in [0.4, 0.5) is 0 Å². The van der Waals surface area contributed by atoms with E-state index < -0.39 is 10.0 Å². The van der Waals surface area contributed by atoms with Crippen molar-refractivity contribution in [1.82, 2.24) is 9.47 Å². The largest absolute Gasteiger partial charge is 0.350 e. The topological polar surface area (TPSA) is 68.3 Å². The van der Waals surface area contributed by atoms with Crippen LogP contribution in [-0.2, 0) is 29.9 Å². The Morgan fingerprint density at radius 1 is 1.24 bits per heavy atom. The number of hydrogen-bond acceptors (Lipinski definition) is 3. The molecular formula is C15H23N3O2S. The highest BCUT2D eigenvalue weighted by molar-refractivity contribution is 7.89. The van der Waals surface area contributed by atoms with E-state index in [1.165, 1.54) is 16.5 Å². The van der Waals surface area contributed by atoms with Crippen LogP contribution in [0.3, 0.4) is 0 Å². The van der Waals surface area contributed by atoms with Gasteiger partial charge in [-0.2, -0.15) is 0 Å². The summed E-state index contributed by atoms with van der Waals surface area (Å²) in [6.07, 6.45) is 3.58. The fraction of sp³-hybridized carbons (Fsp3) is 0.467. The highest BCUT2D eigenvalue weighted by atomic mass is 32.2. The van der Waals surface area contributed by atoms with Gasteiger partial charge in [-0.25, -0.2) is 13.6 Å². The van der Waals surface area contributed by atoms with Crippen molar-refractivity contribution in [2.24, 2.45) is 12.2 Å². The van der Waals surface area contributed by atoms with Gasteiger partial charge >= 0.3 is 0 Å². The number of nitrogens with two attached hydrogens (primary N) is 1. The molecule has 0 unspecified atom stereocenters. The maximum Gasteiger partial charge on any atom is 0.209 e. The van der Waals surface area contributed by atoms with Crippen LogP contribution in [0.25, 0.3) is 10.9 Å². The molecule has 0 fully saturated rings. The Kier molecular flexibility index (Phi) is 4.70. The number of primary sulfonamides is 1. The van der Waals surface area contributed by atoms with E-state index in [1.807, 2.05) is 19.2 Å². The fourth-order valence-corrected chi connectivity index (χ4v) is 3.00. The van der Waals surface area contributed by atoms with Gasteiger partial charge in [-0.3, -0.25) is 0 Å². The fourth-order valence-electron chi connectivity index (χ4n) is 2.48. The van der Waals surface area contributed by atoms with Crippen molar-refractivity contribution >= 4 is 20.9 Å².